The number of methoxy groups -OCH3 is 1. The first-order valence-electron chi connectivity index (χ1n) is 14.1. The van der Waals surface area contributed by atoms with Gasteiger partial charge in [0, 0.05) is 29.1 Å². The van der Waals surface area contributed by atoms with E-state index in [-0.39, 0.29) is 23.8 Å². The zero-order chi connectivity index (χ0) is 28.0. The molecule has 1 N–H and O–H groups in total. The van der Waals surface area contributed by atoms with Gasteiger partial charge in [-0.05, 0) is 77.2 Å². The molecule has 0 amide bonds. The molecule has 0 aliphatic carbocycles. The molecule has 0 spiro atoms. The van der Waals surface area contributed by atoms with Crippen LogP contribution in [0.3, 0.4) is 0 Å². The topological polar surface area (TPSA) is 65.8 Å². The van der Waals surface area contributed by atoms with Gasteiger partial charge in [0.1, 0.15) is 19.0 Å². The first kappa shape index (κ1) is 27.2. The average molecular weight is 638 g/mol. The van der Waals surface area contributed by atoms with Crippen molar-refractivity contribution < 1.29 is 45.2 Å². The molecular weight excluding hydrogens is 608 g/mol. The van der Waals surface area contributed by atoms with Crippen molar-refractivity contribution in [2.24, 2.45) is 0 Å². The van der Waals surface area contributed by atoms with Crippen LogP contribution in [0.15, 0.2) is 91.1 Å². The molecule has 8 heteroatoms. The summed E-state index contributed by atoms with van der Waals surface area (Å²) in [5.74, 6) is 3.85. The predicted molar refractivity (Wildman–Crippen MR) is 161 cm³/mol. The summed E-state index contributed by atoms with van der Waals surface area (Å²) >= 11 is 0. The highest BCUT2D eigenvalue weighted by molar-refractivity contribution is 5.92. The van der Waals surface area contributed by atoms with Crippen LogP contribution in [0, 0.1) is 0 Å². The number of aryl methyl sites for hydroxylation is 2. The number of ether oxygens (including phenoxy) is 5. The van der Waals surface area contributed by atoms with Crippen molar-refractivity contribution in [3.05, 3.63) is 96.7 Å². The van der Waals surface area contributed by atoms with Crippen LogP contribution in [0.4, 0.5) is 0 Å². The number of aromatic nitrogens is 2. The molecule has 2 aliphatic rings. The maximum Gasteiger partial charge on any atom is 0.231 e. The minimum absolute atomic E-state index is 0. The number of fused-ring (bicyclic) bond motifs is 6. The molecule has 2 aliphatic heterocycles. The van der Waals surface area contributed by atoms with Crippen LogP contribution in [-0.2, 0) is 13.0 Å². The highest BCUT2D eigenvalue weighted by atomic mass is 79.9. The normalized spacial score (nSPS) is 12.9. The standard InChI is InChI=1S/C35H29N2O5.BrH/c1-38-32-11-8-23-17-31-27-19-34-33(41-21-42-34)18-24(27)12-13-37(31)20-28(23)35(32)40-15-14-39-26-9-6-22(7-10-26)30-16-25-4-2-3-5-29(25)36-30;/h2-11,16-20,36H,12-15,21H2,1H3;1H/q+1;/p-1. The van der Waals surface area contributed by atoms with E-state index < -0.39 is 0 Å². The second kappa shape index (κ2) is 11.2. The van der Waals surface area contributed by atoms with E-state index >= 15 is 0 Å². The van der Waals surface area contributed by atoms with E-state index in [2.05, 4.69) is 76.4 Å². The third kappa shape index (κ3) is 4.91. The SMILES string of the molecule is COc1ccc2cc3[n+](cc2c1OCCOc1ccc(-c2cc4ccccc4[nH]2)cc1)CCc1cc2c(cc1-3)OCO2.[Br-]. The molecule has 2 aromatic heterocycles. The highest BCUT2D eigenvalue weighted by Gasteiger charge is 2.28. The molecular formula is C35H29BrN2O5. The van der Waals surface area contributed by atoms with Gasteiger partial charge >= 0.3 is 0 Å². The summed E-state index contributed by atoms with van der Waals surface area (Å²) in [5, 5.41) is 3.28. The second-order valence-electron chi connectivity index (χ2n) is 10.6. The smallest absolute Gasteiger partial charge is 0.231 e. The van der Waals surface area contributed by atoms with Gasteiger partial charge in [0.2, 0.25) is 12.5 Å². The summed E-state index contributed by atoms with van der Waals surface area (Å²) in [6.07, 6.45) is 3.09. The number of rotatable bonds is 7. The molecule has 8 rings (SSSR count). The van der Waals surface area contributed by atoms with Crippen LogP contribution in [0.1, 0.15) is 5.56 Å². The number of aromatic amines is 1. The summed E-state index contributed by atoms with van der Waals surface area (Å²) in [6.45, 7) is 1.93. The Bertz CT molecular complexity index is 1940. The number of nitrogens with zero attached hydrogens (tertiary/aromatic N) is 1. The van der Waals surface area contributed by atoms with E-state index in [0.717, 1.165) is 69.2 Å². The van der Waals surface area contributed by atoms with Gasteiger partial charge in [-0.1, -0.05) is 18.2 Å². The van der Waals surface area contributed by atoms with E-state index in [0.29, 0.717) is 19.0 Å². The summed E-state index contributed by atoms with van der Waals surface area (Å²) in [7, 11) is 1.67. The average Bonchev–Trinajstić information content (AvgIpc) is 3.68. The van der Waals surface area contributed by atoms with Gasteiger partial charge < -0.3 is 45.6 Å². The van der Waals surface area contributed by atoms with Crippen molar-refractivity contribution in [1.29, 1.82) is 0 Å². The minimum atomic E-state index is 0. The quantitative estimate of drug-likeness (QED) is 0.214. The van der Waals surface area contributed by atoms with Gasteiger partial charge in [-0.2, -0.15) is 4.57 Å². The van der Waals surface area contributed by atoms with Gasteiger partial charge in [-0.25, -0.2) is 0 Å². The van der Waals surface area contributed by atoms with Crippen LogP contribution < -0.4 is 45.2 Å². The van der Waals surface area contributed by atoms with E-state index in [4.69, 9.17) is 23.7 Å². The lowest BCUT2D eigenvalue weighted by molar-refractivity contribution is -0.686. The number of hydrogen-bond donors (Lipinski definition) is 1. The lowest BCUT2D eigenvalue weighted by Gasteiger charge is -2.18. The van der Waals surface area contributed by atoms with Crippen LogP contribution in [-0.4, -0.2) is 32.1 Å². The van der Waals surface area contributed by atoms with E-state index in [1.807, 2.05) is 24.3 Å². The number of para-hydroxylation sites is 1. The molecule has 6 aromatic rings. The van der Waals surface area contributed by atoms with E-state index in [1.165, 1.54) is 16.5 Å². The summed E-state index contributed by atoms with van der Waals surface area (Å²) < 4.78 is 31.6. The fraction of sp³-hybridized carbons (Fsp3) is 0.171. The maximum absolute atomic E-state index is 6.31. The fourth-order valence-corrected chi connectivity index (χ4v) is 5.97. The maximum atomic E-state index is 6.31. The van der Waals surface area contributed by atoms with Crippen molar-refractivity contribution >= 4 is 21.7 Å². The van der Waals surface area contributed by atoms with Crippen molar-refractivity contribution in [3.63, 3.8) is 0 Å². The van der Waals surface area contributed by atoms with Crippen LogP contribution in [0.5, 0.6) is 28.7 Å². The van der Waals surface area contributed by atoms with Crippen molar-refractivity contribution in [2.45, 2.75) is 13.0 Å². The van der Waals surface area contributed by atoms with Crippen LogP contribution in [0.25, 0.3) is 44.2 Å². The third-order valence-electron chi connectivity index (χ3n) is 8.09. The Morgan fingerprint density at radius 1 is 0.837 bits per heavy atom. The molecule has 0 saturated carbocycles. The molecule has 4 aromatic carbocycles. The second-order valence-corrected chi connectivity index (χ2v) is 10.6. The molecule has 0 atom stereocenters. The molecule has 7 nitrogen and oxygen atoms in total. The first-order chi connectivity index (χ1) is 20.7. The number of hydrogen-bond acceptors (Lipinski definition) is 5. The Morgan fingerprint density at radius 3 is 2.49 bits per heavy atom. The number of H-pyrrole nitrogens is 1. The zero-order valence-electron chi connectivity index (χ0n) is 23.6. The molecule has 0 fully saturated rings. The van der Waals surface area contributed by atoms with Crippen molar-refractivity contribution in [1.82, 2.24) is 4.98 Å². The third-order valence-corrected chi connectivity index (χ3v) is 8.09. The van der Waals surface area contributed by atoms with E-state index in [1.54, 1.807) is 7.11 Å². The van der Waals surface area contributed by atoms with Gasteiger partial charge in [-0.15, -0.1) is 0 Å². The zero-order valence-corrected chi connectivity index (χ0v) is 25.1. The summed E-state index contributed by atoms with van der Waals surface area (Å²) in [5.41, 5.74) is 6.93. The Morgan fingerprint density at radius 2 is 1.65 bits per heavy atom. The Balaban J connectivity index is 0.00000300. The summed E-state index contributed by atoms with van der Waals surface area (Å²) in [6, 6.07) is 29.0. The first-order valence-corrected chi connectivity index (χ1v) is 14.1. The number of nitrogens with one attached hydrogen (secondary N) is 1. The molecule has 0 radical (unpaired) electrons. The van der Waals surface area contributed by atoms with Crippen LogP contribution >= 0.6 is 0 Å². The molecule has 0 bridgehead atoms. The highest BCUT2D eigenvalue weighted by Crippen LogP contribution is 2.41. The summed E-state index contributed by atoms with van der Waals surface area (Å²) in [4.78, 5) is 3.48. The molecule has 4 heterocycles. The Hall–Kier alpha value is -4.69. The molecule has 216 valence electrons. The lowest BCUT2D eigenvalue weighted by atomic mass is 9.95. The number of halogens is 1. The Kier molecular flexibility index (Phi) is 7.07. The minimum Gasteiger partial charge on any atom is -1.00 e. The van der Waals surface area contributed by atoms with Crippen molar-refractivity contribution in [3.8, 4) is 51.3 Å². The fourth-order valence-electron chi connectivity index (χ4n) is 5.97. The monoisotopic (exact) mass is 636 g/mol. The Labute approximate surface area is 259 Å². The molecule has 0 saturated heterocycles. The predicted octanol–water partition coefficient (Wildman–Crippen LogP) is 3.70. The van der Waals surface area contributed by atoms with Gasteiger partial charge in [0.15, 0.2) is 35.7 Å². The molecule has 0 unspecified atom stereocenters. The van der Waals surface area contributed by atoms with E-state index in [9.17, 15) is 0 Å². The lowest BCUT2D eigenvalue weighted by Crippen LogP contribution is -3.00. The number of benzene rings is 4. The van der Waals surface area contributed by atoms with Crippen LogP contribution in [0.2, 0.25) is 0 Å². The van der Waals surface area contributed by atoms with Gasteiger partial charge in [0.05, 0.1) is 18.1 Å². The molecule has 43 heavy (non-hydrogen) atoms. The van der Waals surface area contributed by atoms with Gasteiger partial charge in [0.25, 0.3) is 0 Å². The largest absolute Gasteiger partial charge is 1.00 e. The van der Waals surface area contributed by atoms with Gasteiger partial charge in [-0.3, -0.25) is 0 Å². The number of pyridine rings is 1. The van der Waals surface area contributed by atoms with Crippen molar-refractivity contribution in [2.75, 3.05) is 27.1 Å².